The minimum atomic E-state index is 0.381. The zero-order valence-corrected chi connectivity index (χ0v) is 14.4. The first-order valence-corrected chi connectivity index (χ1v) is 9.62. The summed E-state index contributed by atoms with van der Waals surface area (Å²) in [6, 6.07) is 0.813. The highest BCUT2D eigenvalue weighted by Gasteiger charge is 2.31. The number of ether oxygens (including phenoxy) is 1. The van der Waals surface area contributed by atoms with Gasteiger partial charge in [-0.25, -0.2) is 0 Å². The molecule has 2 rings (SSSR count). The van der Waals surface area contributed by atoms with Crippen LogP contribution in [0.3, 0.4) is 0 Å². The van der Waals surface area contributed by atoms with Gasteiger partial charge in [-0.05, 0) is 57.9 Å². The van der Waals surface area contributed by atoms with Gasteiger partial charge in [0.25, 0.3) is 0 Å². The normalized spacial score (nSPS) is 28.1. The van der Waals surface area contributed by atoms with Gasteiger partial charge in [0.1, 0.15) is 0 Å². The van der Waals surface area contributed by atoms with Crippen molar-refractivity contribution in [1.29, 1.82) is 0 Å². The molecule has 0 radical (unpaired) electrons. The van der Waals surface area contributed by atoms with Crippen molar-refractivity contribution < 1.29 is 4.74 Å². The van der Waals surface area contributed by atoms with Crippen LogP contribution in [-0.2, 0) is 4.74 Å². The maximum absolute atomic E-state index is 5.62. The number of nitrogens with one attached hydrogen (secondary N) is 1. The van der Waals surface area contributed by atoms with Gasteiger partial charge < -0.3 is 10.1 Å². The molecular formula is C19H37NO. The summed E-state index contributed by atoms with van der Waals surface area (Å²) in [7, 11) is 0. The molecule has 0 aromatic rings. The summed E-state index contributed by atoms with van der Waals surface area (Å²) in [5.74, 6) is 2.01. The van der Waals surface area contributed by atoms with Gasteiger partial charge in [0.15, 0.2) is 0 Å². The van der Waals surface area contributed by atoms with Crippen LogP contribution in [0.15, 0.2) is 0 Å². The van der Waals surface area contributed by atoms with Crippen molar-refractivity contribution >= 4 is 0 Å². The van der Waals surface area contributed by atoms with E-state index in [4.69, 9.17) is 4.74 Å². The van der Waals surface area contributed by atoms with Crippen LogP contribution in [0.4, 0.5) is 0 Å². The van der Waals surface area contributed by atoms with Crippen LogP contribution in [0.1, 0.15) is 84.5 Å². The second-order valence-electron chi connectivity index (χ2n) is 7.53. The minimum absolute atomic E-state index is 0.381. The van der Waals surface area contributed by atoms with Gasteiger partial charge in [0, 0.05) is 12.6 Å². The summed E-state index contributed by atoms with van der Waals surface area (Å²) >= 11 is 0. The fraction of sp³-hybridized carbons (Fsp3) is 1.00. The summed E-state index contributed by atoms with van der Waals surface area (Å²) in [5, 5.41) is 3.90. The van der Waals surface area contributed by atoms with Crippen molar-refractivity contribution in [2.75, 3.05) is 13.2 Å². The molecule has 0 bridgehead atoms. The molecule has 2 aliphatic carbocycles. The smallest absolute Gasteiger partial charge is 0.0518 e. The van der Waals surface area contributed by atoms with Gasteiger partial charge in [-0.1, -0.05) is 44.9 Å². The summed E-state index contributed by atoms with van der Waals surface area (Å²) in [6.07, 6.45) is 16.1. The molecule has 2 heteroatoms. The summed E-state index contributed by atoms with van der Waals surface area (Å²) in [4.78, 5) is 0. The third kappa shape index (κ3) is 6.28. The fourth-order valence-corrected chi connectivity index (χ4v) is 4.37. The van der Waals surface area contributed by atoms with Crippen LogP contribution < -0.4 is 5.32 Å². The second-order valence-corrected chi connectivity index (χ2v) is 7.53. The van der Waals surface area contributed by atoms with Crippen LogP contribution in [-0.4, -0.2) is 25.3 Å². The van der Waals surface area contributed by atoms with Crippen molar-refractivity contribution in [2.45, 2.75) is 96.6 Å². The standard InChI is InChI=1S/C19H37NO/c1-16(2)21-15-9-8-14-20-19-13-7-6-12-18(19)17-10-4-3-5-11-17/h16-20H,3-15H2,1-2H3. The molecule has 0 amide bonds. The molecule has 2 nitrogen and oxygen atoms in total. The van der Waals surface area contributed by atoms with E-state index in [-0.39, 0.29) is 0 Å². The van der Waals surface area contributed by atoms with Crippen molar-refractivity contribution in [1.82, 2.24) is 5.32 Å². The zero-order chi connectivity index (χ0) is 14.9. The SMILES string of the molecule is CC(C)OCCCCNC1CCCCC1C1CCCCC1. The molecule has 0 aliphatic heterocycles. The lowest BCUT2D eigenvalue weighted by atomic mass is 9.71. The van der Waals surface area contributed by atoms with Crippen LogP contribution in [0, 0.1) is 11.8 Å². The van der Waals surface area contributed by atoms with E-state index in [0.717, 1.165) is 24.5 Å². The Morgan fingerprint density at radius 1 is 0.905 bits per heavy atom. The van der Waals surface area contributed by atoms with Crippen LogP contribution >= 0.6 is 0 Å². The Balaban J connectivity index is 1.64. The Kier molecular flexibility index (Phi) is 8.10. The molecule has 2 atom stereocenters. The van der Waals surface area contributed by atoms with E-state index in [1.807, 2.05) is 0 Å². The third-order valence-electron chi connectivity index (χ3n) is 5.50. The molecule has 0 spiro atoms. The Morgan fingerprint density at radius 2 is 1.62 bits per heavy atom. The van der Waals surface area contributed by atoms with Gasteiger partial charge in [-0.2, -0.15) is 0 Å². The van der Waals surface area contributed by atoms with E-state index in [1.165, 1.54) is 77.2 Å². The van der Waals surface area contributed by atoms with Crippen LogP contribution in [0.5, 0.6) is 0 Å². The van der Waals surface area contributed by atoms with E-state index in [2.05, 4.69) is 19.2 Å². The molecule has 0 saturated heterocycles. The van der Waals surface area contributed by atoms with Gasteiger partial charge in [-0.15, -0.1) is 0 Å². The number of unbranched alkanes of at least 4 members (excludes halogenated alkanes) is 1. The molecule has 2 saturated carbocycles. The van der Waals surface area contributed by atoms with Crippen molar-refractivity contribution in [3.05, 3.63) is 0 Å². The molecule has 1 N–H and O–H groups in total. The lowest BCUT2D eigenvalue weighted by Gasteiger charge is -2.39. The molecule has 124 valence electrons. The van der Waals surface area contributed by atoms with Crippen LogP contribution in [0.2, 0.25) is 0 Å². The Hall–Kier alpha value is -0.0800. The predicted octanol–water partition coefficient (Wildman–Crippen LogP) is 4.92. The Morgan fingerprint density at radius 3 is 2.38 bits per heavy atom. The monoisotopic (exact) mass is 295 g/mol. The molecular weight excluding hydrogens is 258 g/mol. The summed E-state index contributed by atoms with van der Waals surface area (Å²) in [6.45, 7) is 6.36. The van der Waals surface area contributed by atoms with E-state index in [1.54, 1.807) is 0 Å². The second kappa shape index (κ2) is 9.84. The van der Waals surface area contributed by atoms with Gasteiger partial charge >= 0.3 is 0 Å². The van der Waals surface area contributed by atoms with Gasteiger partial charge in [-0.3, -0.25) is 0 Å². The first kappa shape index (κ1) is 17.3. The molecule has 2 unspecified atom stereocenters. The highest BCUT2D eigenvalue weighted by Crippen LogP contribution is 2.38. The van der Waals surface area contributed by atoms with E-state index in [9.17, 15) is 0 Å². The largest absolute Gasteiger partial charge is 0.379 e. The van der Waals surface area contributed by atoms with Crippen LogP contribution in [0.25, 0.3) is 0 Å². The first-order valence-electron chi connectivity index (χ1n) is 9.62. The van der Waals surface area contributed by atoms with Gasteiger partial charge in [0.05, 0.1) is 6.10 Å². The van der Waals surface area contributed by atoms with E-state index in [0.29, 0.717) is 6.10 Å². The maximum Gasteiger partial charge on any atom is 0.0518 e. The van der Waals surface area contributed by atoms with Crippen molar-refractivity contribution in [3.63, 3.8) is 0 Å². The Labute approximate surface area is 132 Å². The van der Waals surface area contributed by atoms with E-state index >= 15 is 0 Å². The highest BCUT2D eigenvalue weighted by molar-refractivity contribution is 4.86. The maximum atomic E-state index is 5.62. The number of hydrogen-bond donors (Lipinski definition) is 1. The number of rotatable bonds is 8. The van der Waals surface area contributed by atoms with Crippen molar-refractivity contribution in [2.24, 2.45) is 11.8 Å². The highest BCUT2D eigenvalue weighted by atomic mass is 16.5. The predicted molar refractivity (Wildman–Crippen MR) is 90.6 cm³/mol. The Bertz CT molecular complexity index is 260. The van der Waals surface area contributed by atoms with E-state index < -0.39 is 0 Å². The lowest BCUT2D eigenvalue weighted by molar-refractivity contribution is 0.0754. The minimum Gasteiger partial charge on any atom is -0.379 e. The topological polar surface area (TPSA) is 21.3 Å². The fourth-order valence-electron chi connectivity index (χ4n) is 4.37. The van der Waals surface area contributed by atoms with Crippen molar-refractivity contribution in [3.8, 4) is 0 Å². The molecule has 0 aromatic heterocycles. The average Bonchev–Trinajstić information content (AvgIpc) is 2.52. The third-order valence-corrected chi connectivity index (χ3v) is 5.50. The quantitative estimate of drug-likeness (QED) is 0.642. The lowest BCUT2D eigenvalue weighted by Crippen LogP contribution is -2.42. The van der Waals surface area contributed by atoms with Gasteiger partial charge in [0.2, 0.25) is 0 Å². The first-order chi connectivity index (χ1) is 10.3. The zero-order valence-electron chi connectivity index (χ0n) is 14.4. The molecule has 2 fully saturated rings. The average molecular weight is 296 g/mol. The molecule has 0 heterocycles. The molecule has 2 aliphatic rings. The number of hydrogen-bond acceptors (Lipinski definition) is 2. The summed E-state index contributed by atoms with van der Waals surface area (Å²) in [5.41, 5.74) is 0. The molecule has 0 aromatic carbocycles. The summed E-state index contributed by atoms with van der Waals surface area (Å²) < 4.78 is 5.62. The molecule has 21 heavy (non-hydrogen) atoms.